The summed E-state index contributed by atoms with van der Waals surface area (Å²) in [5.74, 6) is 0.345. The molecule has 1 saturated heterocycles. The Morgan fingerprint density at radius 1 is 1.46 bits per heavy atom. The minimum atomic E-state index is -0.163. The third-order valence-electron chi connectivity index (χ3n) is 1.96. The van der Waals surface area contributed by atoms with Gasteiger partial charge in [0, 0.05) is 19.3 Å². The van der Waals surface area contributed by atoms with E-state index in [1.54, 1.807) is 24.0 Å². The van der Waals surface area contributed by atoms with Gasteiger partial charge in [-0.1, -0.05) is 0 Å². The van der Waals surface area contributed by atoms with Crippen LogP contribution in [0.5, 0.6) is 0 Å². The van der Waals surface area contributed by atoms with Gasteiger partial charge in [-0.15, -0.1) is 0 Å². The molecule has 1 aromatic heterocycles. The highest BCUT2D eigenvalue weighted by atomic mass is 16.2. The smallest absolute Gasteiger partial charge is 0.236 e. The topological polar surface area (TPSA) is 55.2 Å². The van der Waals surface area contributed by atoms with Crippen LogP contribution < -0.4 is 4.90 Å². The number of hydrogen-bond donors (Lipinski definition) is 0. The molecule has 0 atom stereocenters. The Morgan fingerprint density at radius 3 is 2.69 bits per heavy atom. The summed E-state index contributed by atoms with van der Waals surface area (Å²) in [4.78, 5) is 23.6. The van der Waals surface area contributed by atoms with Crippen molar-refractivity contribution >= 4 is 17.5 Å². The maximum atomic E-state index is 11.3. The first-order chi connectivity index (χ1) is 6.16. The van der Waals surface area contributed by atoms with E-state index in [1.807, 2.05) is 0 Å². The fraction of sp³-hybridized carbons (Fsp3) is 0.375. The number of ketones is 1. The van der Waals surface area contributed by atoms with Crippen molar-refractivity contribution in [1.29, 1.82) is 0 Å². The fourth-order valence-corrected chi connectivity index (χ4v) is 1.34. The maximum absolute atomic E-state index is 11.3. The number of rotatable bonds is 1. The standard InChI is InChI=1S/C8H9N3O2/c1-10-3-2-7(9-10)11-5-6(12)4-8(11)13/h2-3H,4-5H2,1H3. The third-order valence-corrected chi connectivity index (χ3v) is 1.96. The van der Waals surface area contributed by atoms with Gasteiger partial charge in [0.25, 0.3) is 0 Å². The van der Waals surface area contributed by atoms with Crippen molar-refractivity contribution in [2.24, 2.45) is 7.05 Å². The highest BCUT2D eigenvalue weighted by molar-refractivity contribution is 6.14. The van der Waals surface area contributed by atoms with E-state index in [9.17, 15) is 9.59 Å². The van der Waals surface area contributed by atoms with Crippen molar-refractivity contribution in [2.75, 3.05) is 11.4 Å². The predicted octanol–water partition coefficient (Wildman–Crippen LogP) is -0.274. The molecule has 0 unspecified atom stereocenters. The minimum absolute atomic E-state index is 0.0105. The Bertz CT molecular complexity index is 369. The van der Waals surface area contributed by atoms with E-state index in [0.717, 1.165) is 0 Å². The normalized spacial score (nSPS) is 17.2. The van der Waals surface area contributed by atoms with E-state index in [4.69, 9.17) is 0 Å². The lowest BCUT2D eigenvalue weighted by molar-refractivity contribution is -0.121. The number of aromatic nitrogens is 2. The van der Waals surface area contributed by atoms with Gasteiger partial charge in [0.2, 0.25) is 5.91 Å². The van der Waals surface area contributed by atoms with Gasteiger partial charge < -0.3 is 0 Å². The number of carbonyl (C=O) groups excluding carboxylic acids is 2. The molecule has 13 heavy (non-hydrogen) atoms. The lowest BCUT2D eigenvalue weighted by atomic mass is 10.3. The summed E-state index contributed by atoms with van der Waals surface area (Å²) in [5.41, 5.74) is 0. The van der Waals surface area contributed by atoms with Gasteiger partial charge >= 0.3 is 0 Å². The van der Waals surface area contributed by atoms with Crippen LogP contribution >= 0.6 is 0 Å². The minimum Gasteiger partial charge on any atom is -0.297 e. The quantitative estimate of drug-likeness (QED) is 0.557. The first-order valence-electron chi connectivity index (χ1n) is 3.98. The van der Waals surface area contributed by atoms with Crippen LogP contribution in [-0.2, 0) is 16.6 Å². The number of nitrogens with zero attached hydrogens (tertiary/aromatic N) is 3. The monoisotopic (exact) mass is 179 g/mol. The molecule has 1 amide bonds. The SMILES string of the molecule is Cn1ccc(N2CC(=O)CC2=O)n1. The van der Waals surface area contributed by atoms with E-state index in [2.05, 4.69) is 5.10 Å². The number of aryl methyl sites for hydroxylation is 1. The summed E-state index contributed by atoms with van der Waals surface area (Å²) in [5, 5.41) is 4.05. The fourth-order valence-electron chi connectivity index (χ4n) is 1.34. The highest BCUT2D eigenvalue weighted by Crippen LogP contribution is 2.16. The van der Waals surface area contributed by atoms with Crippen LogP contribution in [0.3, 0.4) is 0 Å². The summed E-state index contributed by atoms with van der Waals surface area (Å²) < 4.78 is 1.60. The van der Waals surface area contributed by atoms with Crippen LogP contribution in [-0.4, -0.2) is 28.0 Å². The molecule has 68 valence electrons. The second-order valence-electron chi connectivity index (χ2n) is 3.04. The van der Waals surface area contributed by atoms with Crippen LogP contribution in [0, 0.1) is 0 Å². The summed E-state index contributed by atoms with van der Waals surface area (Å²) in [6, 6.07) is 1.72. The molecule has 0 aromatic carbocycles. The number of anilines is 1. The molecule has 0 saturated carbocycles. The Labute approximate surface area is 74.9 Å². The molecule has 0 spiro atoms. The van der Waals surface area contributed by atoms with Gasteiger partial charge in [0.15, 0.2) is 11.6 Å². The van der Waals surface area contributed by atoms with Crippen LogP contribution in [0.25, 0.3) is 0 Å². The van der Waals surface area contributed by atoms with Gasteiger partial charge in [0.05, 0.1) is 13.0 Å². The molecule has 0 N–H and O–H groups in total. The molecule has 0 radical (unpaired) electrons. The van der Waals surface area contributed by atoms with Crippen LogP contribution in [0.1, 0.15) is 6.42 Å². The molecule has 0 bridgehead atoms. The average Bonchev–Trinajstić information content (AvgIpc) is 2.58. The average molecular weight is 179 g/mol. The largest absolute Gasteiger partial charge is 0.297 e. The number of hydrogen-bond acceptors (Lipinski definition) is 3. The van der Waals surface area contributed by atoms with Crippen molar-refractivity contribution in [2.45, 2.75) is 6.42 Å². The van der Waals surface area contributed by atoms with Gasteiger partial charge in [-0.2, -0.15) is 5.10 Å². The summed E-state index contributed by atoms with van der Waals surface area (Å²) in [6.07, 6.45) is 1.75. The Kier molecular flexibility index (Phi) is 1.65. The predicted molar refractivity (Wildman–Crippen MR) is 45.2 cm³/mol. The highest BCUT2D eigenvalue weighted by Gasteiger charge is 2.29. The molecule has 1 fully saturated rings. The molecule has 2 rings (SSSR count). The summed E-state index contributed by atoms with van der Waals surface area (Å²) in [6.45, 7) is 0.163. The van der Waals surface area contributed by atoms with Gasteiger partial charge in [0.1, 0.15) is 0 Å². The Morgan fingerprint density at radius 2 is 2.23 bits per heavy atom. The van der Waals surface area contributed by atoms with Crippen molar-refractivity contribution in [3.63, 3.8) is 0 Å². The molecule has 0 aliphatic carbocycles. The first kappa shape index (κ1) is 7.97. The third kappa shape index (κ3) is 1.32. The lowest BCUT2D eigenvalue weighted by Gasteiger charge is -2.09. The van der Waals surface area contributed by atoms with E-state index < -0.39 is 0 Å². The Balaban J connectivity index is 2.27. The number of carbonyl (C=O) groups is 2. The van der Waals surface area contributed by atoms with Gasteiger partial charge in [-0.25, -0.2) is 0 Å². The van der Waals surface area contributed by atoms with E-state index >= 15 is 0 Å². The summed E-state index contributed by atoms with van der Waals surface area (Å²) in [7, 11) is 1.77. The molecule has 1 aliphatic rings. The van der Waals surface area contributed by atoms with Crippen LogP contribution in [0.4, 0.5) is 5.82 Å². The van der Waals surface area contributed by atoms with Crippen molar-refractivity contribution in [3.8, 4) is 0 Å². The zero-order valence-electron chi connectivity index (χ0n) is 7.23. The van der Waals surface area contributed by atoms with E-state index in [1.165, 1.54) is 4.90 Å². The molecule has 1 aromatic rings. The van der Waals surface area contributed by atoms with E-state index in [-0.39, 0.29) is 24.7 Å². The number of Topliss-reactive ketones (excluding diaryl/α,β-unsaturated/α-hetero) is 1. The lowest BCUT2D eigenvalue weighted by Crippen LogP contribution is -2.25. The van der Waals surface area contributed by atoms with Crippen molar-refractivity contribution in [1.82, 2.24) is 9.78 Å². The number of amides is 1. The zero-order valence-corrected chi connectivity index (χ0v) is 7.23. The zero-order chi connectivity index (χ0) is 9.42. The molecule has 5 heteroatoms. The second-order valence-corrected chi connectivity index (χ2v) is 3.04. The maximum Gasteiger partial charge on any atom is 0.236 e. The first-order valence-corrected chi connectivity index (χ1v) is 3.98. The van der Waals surface area contributed by atoms with Gasteiger partial charge in [-0.3, -0.25) is 19.2 Å². The molecule has 2 heterocycles. The molecule has 1 aliphatic heterocycles. The van der Waals surface area contributed by atoms with Gasteiger partial charge in [-0.05, 0) is 0 Å². The van der Waals surface area contributed by atoms with E-state index in [0.29, 0.717) is 5.82 Å². The second kappa shape index (κ2) is 2.69. The Hall–Kier alpha value is -1.65. The van der Waals surface area contributed by atoms with Crippen LogP contribution in [0.15, 0.2) is 12.3 Å². The van der Waals surface area contributed by atoms with Crippen molar-refractivity contribution in [3.05, 3.63) is 12.3 Å². The molecular weight excluding hydrogens is 170 g/mol. The van der Waals surface area contributed by atoms with Crippen LogP contribution in [0.2, 0.25) is 0 Å². The van der Waals surface area contributed by atoms with Crippen molar-refractivity contribution < 1.29 is 9.59 Å². The summed E-state index contributed by atoms with van der Waals surface area (Å²) >= 11 is 0. The molecular formula is C8H9N3O2. The molecule has 5 nitrogen and oxygen atoms in total.